The van der Waals surface area contributed by atoms with Gasteiger partial charge in [-0.15, -0.1) is 0 Å². The smallest absolute Gasteiger partial charge is 0.254 e. The van der Waals surface area contributed by atoms with E-state index in [1.165, 1.54) is 11.6 Å². The van der Waals surface area contributed by atoms with Crippen molar-refractivity contribution < 1.29 is 4.79 Å². The number of nitrogens with one attached hydrogen (secondary N) is 1. The first-order valence-electron chi connectivity index (χ1n) is 7.88. The third-order valence-corrected chi connectivity index (χ3v) is 4.60. The van der Waals surface area contributed by atoms with Crippen LogP contribution in [0.2, 0.25) is 0 Å². The van der Waals surface area contributed by atoms with Crippen LogP contribution in [-0.2, 0) is 12.8 Å². The minimum absolute atomic E-state index is 0.0740. The highest BCUT2D eigenvalue weighted by Gasteiger charge is 2.19. The number of aromatic amines is 1. The van der Waals surface area contributed by atoms with Gasteiger partial charge in [0.05, 0.1) is 0 Å². The van der Waals surface area contributed by atoms with Crippen molar-refractivity contribution >= 4 is 17.2 Å². The average Bonchev–Trinajstić information content (AvgIpc) is 2.97. The molecule has 1 amide bonds. The van der Waals surface area contributed by atoms with Gasteiger partial charge in [-0.25, -0.2) is 0 Å². The van der Waals surface area contributed by atoms with Crippen LogP contribution in [0.1, 0.15) is 42.4 Å². The summed E-state index contributed by atoms with van der Waals surface area (Å²) in [5, 5.41) is 4.14. The predicted molar refractivity (Wildman–Crippen MR) is 95.2 cm³/mol. The quantitative estimate of drug-likeness (QED) is 0.882. The number of pyridine rings is 1. The van der Waals surface area contributed by atoms with E-state index in [9.17, 15) is 9.59 Å². The molecule has 2 aromatic heterocycles. The van der Waals surface area contributed by atoms with Crippen LogP contribution >= 0.6 is 11.3 Å². The summed E-state index contributed by atoms with van der Waals surface area (Å²) in [7, 11) is 1.79. The monoisotopic (exact) mass is 332 g/mol. The van der Waals surface area contributed by atoms with Crippen molar-refractivity contribution in [1.82, 2.24) is 9.88 Å². The average molecular weight is 332 g/mol. The second-order valence-corrected chi connectivity index (χ2v) is 7.24. The van der Waals surface area contributed by atoms with Crippen LogP contribution in [0.3, 0.4) is 0 Å². The Bertz CT molecular complexity index is 704. The number of rotatable bonds is 6. The molecule has 0 fully saturated rings. The van der Waals surface area contributed by atoms with Crippen LogP contribution in [0, 0.1) is 5.92 Å². The maximum Gasteiger partial charge on any atom is 0.254 e. The molecule has 0 bridgehead atoms. The van der Waals surface area contributed by atoms with E-state index in [2.05, 4.69) is 30.3 Å². The summed E-state index contributed by atoms with van der Waals surface area (Å²) in [6.07, 6.45) is 1.57. The largest absolute Gasteiger partial charge is 0.339 e. The Morgan fingerprint density at radius 1 is 1.26 bits per heavy atom. The van der Waals surface area contributed by atoms with Crippen LogP contribution in [0.5, 0.6) is 0 Å². The van der Waals surface area contributed by atoms with Crippen molar-refractivity contribution in [3.8, 4) is 0 Å². The van der Waals surface area contributed by atoms with E-state index in [1.54, 1.807) is 29.4 Å². The Labute approximate surface area is 141 Å². The van der Waals surface area contributed by atoms with Crippen LogP contribution in [0.4, 0.5) is 0 Å². The standard InChI is InChI=1S/C18H24N2O2S/c1-12(2)7-16-9-15(10-17(21)19-16)18(22)20(4)13(3)8-14-5-6-23-11-14/h5-6,9-13H,7-8H2,1-4H3,(H,19,21). The van der Waals surface area contributed by atoms with Gasteiger partial charge in [-0.3, -0.25) is 9.59 Å². The molecule has 0 saturated heterocycles. The molecule has 0 aliphatic heterocycles. The van der Waals surface area contributed by atoms with Crippen molar-refractivity contribution in [2.75, 3.05) is 7.05 Å². The number of carbonyl (C=O) groups excluding carboxylic acids is 1. The van der Waals surface area contributed by atoms with Crippen molar-refractivity contribution in [2.24, 2.45) is 5.92 Å². The lowest BCUT2D eigenvalue weighted by molar-refractivity contribution is 0.0743. The third kappa shape index (κ3) is 4.79. The zero-order valence-corrected chi connectivity index (χ0v) is 14.9. The summed E-state index contributed by atoms with van der Waals surface area (Å²) in [6, 6.07) is 5.34. The SMILES string of the molecule is CC(C)Cc1cc(C(=O)N(C)C(C)Cc2ccsc2)cc(=O)[nH]1. The molecule has 2 heterocycles. The van der Waals surface area contributed by atoms with Gasteiger partial charge in [0, 0.05) is 30.4 Å². The summed E-state index contributed by atoms with van der Waals surface area (Å²) < 4.78 is 0. The molecule has 0 spiro atoms. The molecule has 1 N–H and O–H groups in total. The molecular formula is C18H24N2O2S. The number of hydrogen-bond acceptors (Lipinski definition) is 3. The highest BCUT2D eigenvalue weighted by Crippen LogP contribution is 2.14. The molecule has 2 rings (SSSR count). The van der Waals surface area contributed by atoms with Gasteiger partial charge in [-0.05, 0) is 54.1 Å². The molecule has 4 nitrogen and oxygen atoms in total. The Kier molecular flexibility index (Phi) is 5.77. The van der Waals surface area contributed by atoms with Crippen LogP contribution in [-0.4, -0.2) is 28.9 Å². The molecule has 0 aliphatic rings. The van der Waals surface area contributed by atoms with Crippen LogP contribution in [0.15, 0.2) is 33.8 Å². The highest BCUT2D eigenvalue weighted by atomic mass is 32.1. The Morgan fingerprint density at radius 3 is 2.61 bits per heavy atom. The second-order valence-electron chi connectivity index (χ2n) is 6.46. The highest BCUT2D eigenvalue weighted by molar-refractivity contribution is 7.07. The van der Waals surface area contributed by atoms with E-state index in [1.807, 2.05) is 12.3 Å². The molecule has 0 radical (unpaired) electrons. The van der Waals surface area contributed by atoms with E-state index in [0.29, 0.717) is 11.5 Å². The van der Waals surface area contributed by atoms with E-state index in [0.717, 1.165) is 18.5 Å². The maximum atomic E-state index is 12.7. The number of likely N-dealkylation sites (N-methyl/N-ethyl adjacent to an activating group) is 1. The summed E-state index contributed by atoms with van der Waals surface area (Å²) in [5.41, 5.74) is 2.29. The van der Waals surface area contributed by atoms with Crippen LogP contribution in [0.25, 0.3) is 0 Å². The van der Waals surface area contributed by atoms with Gasteiger partial charge >= 0.3 is 0 Å². The lowest BCUT2D eigenvalue weighted by Crippen LogP contribution is -2.37. The normalized spacial score (nSPS) is 12.4. The minimum atomic E-state index is -0.217. The number of nitrogens with zero attached hydrogens (tertiary/aromatic N) is 1. The van der Waals surface area contributed by atoms with Gasteiger partial charge in [-0.2, -0.15) is 11.3 Å². The van der Waals surface area contributed by atoms with Crippen molar-refractivity contribution in [1.29, 1.82) is 0 Å². The second kappa shape index (κ2) is 7.59. The summed E-state index contributed by atoms with van der Waals surface area (Å²) >= 11 is 1.66. The van der Waals surface area contributed by atoms with Gasteiger partial charge < -0.3 is 9.88 Å². The van der Waals surface area contributed by atoms with Crippen molar-refractivity contribution in [2.45, 2.75) is 39.7 Å². The Balaban J connectivity index is 2.15. The predicted octanol–water partition coefficient (Wildman–Crippen LogP) is 3.34. The lowest BCUT2D eigenvalue weighted by atomic mass is 10.0. The third-order valence-electron chi connectivity index (χ3n) is 3.87. The molecule has 2 aromatic rings. The zero-order valence-electron chi connectivity index (χ0n) is 14.1. The van der Waals surface area contributed by atoms with Crippen molar-refractivity contribution in [3.63, 3.8) is 0 Å². The van der Waals surface area contributed by atoms with E-state index >= 15 is 0 Å². The first-order valence-corrected chi connectivity index (χ1v) is 8.82. The fourth-order valence-corrected chi connectivity index (χ4v) is 3.25. The topological polar surface area (TPSA) is 53.2 Å². The summed E-state index contributed by atoms with van der Waals surface area (Å²) in [5.74, 6) is 0.315. The minimum Gasteiger partial charge on any atom is -0.339 e. The van der Waals surface area contributed by atoms with Crippen molar-refractivity contribution in [3.05, 3.63) is 56.1 Å². The molecule has 1 unspecified atom stereocenters. The number of amides is 1. The number of thiophene rings is 1. The first kappa shape index (κ1) is 17.5. The van der Waals surface area contributed by atoms with Gasteiger partial charge in [0.1, 0.15) is 0 Å². The van der Waals surface area contributed by atoms with Gasteiger partial charge in [0.25, 0.3) is 5.91 Å². The molecular weight excluding hydrogens is 308 g/mol. The molecule has 1 atom stereocenters. The number of aromatic nitrogens is 1. The Hall–Kier alpha value is -1.88. The molecule has 0 aliphatic carbocycles. The van der Waals surface area contributed by atoms with Gasteiger partial charge in [0.2, 0.25) is 5.56 Å². The Morgan fingerprint density at radius 2 is 2.00 bits per heavy atom. The van der Waals surface area contributed by atoms with E-state index in [-0.39, 0.29) is 17.5 Å². The molecule has 124 valence electrons. The summed E-state index contributed by atoms with van der Waals surface area (Å²) in [4.78, 5) is 29.0. The molecule has 5 heteroatoms. The number of H-pyrrole nitrogens is 1. The van der Waals surface area contributed by atoms with Crippen LogP contribution < -0.4 is 5.56 Å². The van der Waals surface area contributed by atoms with Gasteiger partial charge in [-0.1, -0.05) is 13.8 Å². The fraction of sp³-hybridized carbons (Fsp3) is 0.444. The molecule has 0 aromatic carbocycles. The maximum absolute atomic E-state index is 12.7. The fourth-order valence-electron chi connectivity index (χ4n) is 2.56. The van der Waals surface area contributed by atoms with E-state index in [4.69, 9.17) is 0 Å². The number of carbonyl (C=O) groups is 1. The first-order chi connectivity index (χ1) is 10.9. The van der Waals surface area contributed by atoms with Gasteiger partial charge in [0.15, 0.2) is 0 Å². The summed E-state index contributed by atoms with van der Waals surface area (Å²) in [6.45, 7) is 6.20. The van der Waals surface area contributed by atoms with E-state index < -0.39 is 0 Å². The molecule has 23 heavy (non-hydrogen) atoms. The molecule has 0 saturated carbocycles. The zero-order chi connectivity index (χ0) is 17.0. The number of hydrogen-bond donors (Lipinski definition) is 1. The lowest BCUT2D eigenvalue weighted by Gasteiger charge is -2.25.